The van der Waals surface area contributed by atoms with E-state index in [0.29, 0.717) is 0 Å². The Morgan fingerprint density at radius 3 is 1.77 bits per heavy atom. The maximum atomic E-state index is 5.35. The van der Waals surface area contributed by atoms with Crippen molar-refractivity contribution in [3.05, 3.63) is 168 Å². The summed E-state index contributed by atoms with van der Waals surface area (Å²) >= 11 is 0. The minimum Gasteiger partial charge on any atom is -0.292 e. The van der Waals surface area contributed by atoms with Gasteiger partial charge in [0.25, 0.3) is 0 Å². The van der Waals surface area contributed by atoms with Crippen LogP contribution in [-0.2, 0) is 10.8 Å². The third-order valence-electron chi connectivity index (χ3n) is 12.9. The Balaban J connectivity index is 1.14. The summed E-state index contributed by atoms with van der Waals surface area (Å²) in [4.78, 5) is 5.35. The van der Waals surface area contributed by atoms with Crippen molar-refractivity contribution in [3.63, 3.8) is 0 Å². The van der Waals surface area contributed by atoms with Gasteiger partial charge in [-0.3, -0.25) is 4.57 Å². The Morgan fingerprint density at radius 1 is 0.434 bits per heavy atom. The van der Waals surface area contributed by atoms with Gasteiger partial charge < -0.3 is 0 Å². The van der Waals surface area contributed by atoms with E-state index in [1.807, 2.05) is 0 Å². The maximum absolute atomic E-state index is 5.35. The molecule has 0 saturated carbocycles. The lowest BCUT2D eigenvalue weighted by atomic mass is 9.79. The summed E-state index contributed by atoms with van der Waals surface area (Å²) in [6.07, 6.45) is 0. The van der Waals surface area contributed by atoms with Crippen molar-refractivity contribution in [2.24, 2.45) is 0 Å². The molecule has 9 aromatic carbocycles. The highest BCUT2D eigenvalue weighted by atomic mass is 15.1. The molecule has 2 heteroatoms. The number of rotatable bonds is 2. The van der Waals surface area contributed by atoms with Gasteiger partial charge in [-0.2, -0.15) is 0 Å². The largest absolute Gasteiger partial charge is 0.292 e. The molecule has 10 aromatic rings. The first-order chi connectivity index (χ1) is 25.8. The molecule has 1 heterocycles. The van der Waals surface area contributed by atoms with Gasteiger partial charge in [0.15, 0.2) is 0 Å². The molecule has 0 radical (unpaired) electrons. The molecule has 12 rings (SSSR count). The van der Waals surface area contributed by atoms with Crippen LogP contribution in [0.1, 0.15) is 49.9 Å². The van der Waals surface area contributed by atoms with E-state index in [-0.39, 0.29) is 10.8 Å². The zero-order valence-electron chi connectivity index (χ0n) is 30.3. The molecule has 0 N–H and O–H groups in total. The molecule has 0 atom stereocenters. The van der Waals surface area contributed by atoms with E-state index in [2.05, 4.69) is 178 Å². The molecule has 250 valence electrons. The molecule has 0 bridgehead atoms. The fourth-order valence-corrected chi connectivity index (χ4v) is 10.3. The van der Waals surface area contributed by atoms with E-state index in [1.54, 1.807) is 0 Å². The number of hydrogen-bond acceptors (Lipinski definition) is 1. The molecule has 0 amide bonds. The zero-order chi connectivity index (χ0) is 35.4. The van der Waals surface area contributed by atoms with Crippen LogP contribution in [0.25, 0.3) is 93.5 Å². The number of hydrogen-bond donors (Lipinski definition) is 0. The van der Waals surface area contributed by atoms with Gasteiger partial charge in [-0.1, -0.05) is 125 Å². The second-order valence-electron chi connectivity index (χ2n) is 16.3. The fraction of sp³-hybridized carbons (Fsp3) is 0.118. The summed E-state index contributed by atoms with van der Waals surface area (Å²) in [6.45, 7) is 9.71. The van der Waals surface area contributed by atoms with Crippen molar-refractivity contribution in [2.45, 2.75) is 38.5 Å². The van der Waals surface area contributed by atoms with Gasteiger partial charge in [0.1, 0.15) is 5.82 Å². The van der Waals surface area contributed by atoms with Crippen molar-refractivity contribution in [1.29, 1.82) is 0 Å². The summed E-state index contributed by atoms with van der Waals surface area (Å²) in [5.41, 5.74) is 15.2. The lowest BCUT2D eigenvalue weighted by Crippen LogP contribution is -2.17. The van der Waals surface area contributed by atoms with Crippen LogP contribution in [-0.4, -0.2) is 9.55 Å². The molecule has 1 aromatic heterocycles. The third-order valence-corrected chi connectivity index (χ3v) is 12.9. The summed E-state index contributed by atoms with van der Waals surface area (Å²) < 4.78 is 2.34. The summed E-state index contributed by atoms with van der Waals surface area (Å²) in [6, 6.07) is 54.3. The van der Waals surface area contributed by atoms with Crippen LogP contribution < -0.4 is 0 Å². The number of para-hydroxylation sites is 3. The van der Waals surface area contributed by atoms with Crippen molar-refractivity contribution in [2.75, 3.05) is 0 Å². The van der Waals surface area contributed by atoms with Crippen LogP contribution in [0, 0.1) is 0 Å². The van der Waals surface area contributed by atoms with Crippen LogP contribution in [0.5, 0.6) is 0 Å². The number of imidazole rings is 1. The van der Waals surface area contributed by atoms with Gasteiger partial charge in [-0.15, -0.1) is 0 Å². The van der Waals surface area contributed by atoms with Crippen molar-refractivity contribution in [3.8, 4) is 39.3 Å². The van der Waals surface area contributed by atoms with E-state index in [9.17, 15) is 0 Å². The SMILES string of the molecule is CC1(C)c2cc3c(cc2-c2c1cc(-c1nc4ccccc4n1-c1ccccc1)c1ccccc21)C(C)(C)c1cc2ccc4cccc5ccc(c1-3)c2c45. The lowest BCUT2D eigenvalue weighted by Gasteiger charge is -2.24. The molecule has 2 aliphatic carbocycles. The molecule has 0 aliphatic heterocycles. The van der Waals surface area contributed by atoms with Crippen LogP contribution in [0.2, 0.25) is 0 Å². The molecule has 0 fully saturated rings. The standard InChI is InChI=1S/C51H36N2/c1-50(2)40-27-37-39(28-38(40)48-35-24-23-30-14-12-13-29-21-22-31(25-41(48)50)46(35)45(29)30)51(3,4)42-26-36(33-17-8-9-18-34(33)47(37)42)49-52-43-19-10-11-20-44(43)53(49)32-15-6-5-7-16-32/h5-28H,1-4H3. The lowest BCUT2D eigenvalue weighted by molar-refractivity contribution is 0.652. The second-order valence-corrected chi connectivity index (χ2v) is 16.3. The maximum Gasteiger partial charge on any atom is 0.146 e. The normalized spacial score (nSPS) is 15.1. The average molecular weight is 677 g/mol. The number of nitrogens with zero attached hydrogens (tertiary/aromatic N) is 2. The minimum atomic E-state index is -0.223. The van der Waals surface area contributed by atoms with Gasteiger partial charge >= 0.3 is 0 Å². The highest BCUT2D eigenvalue weighted by molar-refractivity contribution is 6.26. The van der Waals surface area contributed by atoms with Gasteiger partial charge in [-0.25, -0.2) is 4.98 Å². The van der Waals surface area contributed by atoms with Crippen molar-refractivity contribution >= 4 is 54.1 Å². The number of aromatic nitrogens is 2. The van der Waals surface area contributed by atoms with E-state index in [1.165, 1.54) is 93.2 Å². The topological polar surface area (TPSA) is 17.8 Å². The Morgan fingerprint density at radius 2 is 1.02 bits per heavy atom. The first-order valence-corrected chi connectivity index (χ1v) is 18.8. The smallest absolute Gasteiger partial charge is 0.146 e. The second kappa shape index (κ2) is 9.79. The van der Waals surface area contributed by atoms with E-state index < -0.39 is 0 Å². The van der Waals surface area contributed by atoms with Crippen LogP contribution in [0.4, 0.5) is 0 Å². The number of fused-ring (bicyclic) bond motifs is 10. The molecule has 0 spiro atoms. The molecule has 2 nitrogen and oxygen atoms in total. The molecule has 0 unspecified atom stereocenters. The van der Waals surface area contributed by atoms with Crippen LogP contribution in [0.3, 0.4) is 0 Å². The predicted octanol–water partition coefficient (Wildman–Crippen LogP) is 13.4. The van der Waals surface area contributed by atoms with Gasteiger partial charge in [-0.05, 0) is 136 Å². The summed E-state index contributed by atoms with van der Waals surface area (Å²) in [5, 5.41) is 10.6. The monoisotopic (exact) mass is 676 g/mol. The summed E-state index contributed by atoms with van der Waals surface area (Å²) in [5.74, 6) is 0.977. The van der Waals surface area contributed by atoms with E-state index >= 15 is 0 Å². The van der Waals surface area contributed by atoms with E-state index in [0.717, 1.165) is 22.5 Å². The van der Waals surface area contributed by atoms with Crippen molar-refractivity contribution in [1.82, 2.24) is 9.55 Å². The summed E-state index contributed by atoms with van der Waals surface area (Å²) in [7, 11) is 0. The Kier molecular flexibility index (Phi) is 5.42. The molecular formula is C51H36N2. The Labute approximate surface area is 308 Å². The van der Waals surface area contributed by atoms with E-state index in [4.69, 9.17) is 4.98 Å². The fourth-order valence-electron chi connectivity index (χ4n) is 10.3. The van der Waals surface area contributed by atoms with Gasteiger partial charge in [0.2, 0.25) is 0 Å². The molecule has 0 saturated heterocycles. The first-order valence-electron chi connectivity index (χ1n) is 18.8. The van der Waals surface area contributed by atoms with Crippen molar-refractivity contribution < 1.29 is 0 Å². The van der Waals surface area contributed by atoms with Gasteiger partial charge in [0.05, 0.1) is 11.0 Å². The average Bonchev–Trinajstić information content (AvgIpc) is 3.76. The quantitative estimate of drug-likeness (QED) is 0.167. The van der Waals surface area contributed by atoms with Crippen LogP contribution in [0.15, 0.2) is 146 Å². The Bertz CT molecular complexity index is 3200. The highest BCUT2D eigenvalue weighted by Gasteiger charge is 2.43. The third kappa shape index (κ3) is 3.61. The minimum absolute atomic E-state index is 0.146. The highest BCUT2D eigenvalue weighted by Crippen LogP contribution is 2.60. The molecular weight excluding hydrogens is 641 g/mol. The predicted molar refractivity (Wildman–Crippen MR) is 223 cm³/mol. The van der Waals surface area contributed by atoms with Gasteiger partial charge in [0, 0.05) is 22.1 Å². The molecule has 53 heavy (non-hydrogen) atoms. The zero-order valence-corrected chi connectivity index (χ0v) is 30.3. The van der Waals surface area contributed by atoms with Crippen LogP contribution >= 0.6 is 0 Å². The number of benzene rings is 9. The first kappa shape index (κ1) is 29.3. The Hall–Kier alpha value is -6.25. The molecule has 2 aliphatic rings.